The van der Waals surface area contributed by atoms with Crippen molar-refractivity contribution in [2.75, 3.05) is 30.9 Å². The van der Waals surface area contributed by atoms with Crippen LogP contribution in [-0.2, 0) is 6.42 Å². The van der Waals surface area contributed by atoms with Gasteiger partial charge in [0.15, 0.2) is 0 Å². The molecule has 2 aromatic heterocycles. The van der Waals surface area contributed by atoms with Crippen molar-refractivity contribution >= 4 is 46.2 Å². The molecule has 3 nitrogen and oxygen atoms in total. The van der Waals surface area contributed by atoms with Gasteiger partial charge in [-0.1, -0.05) is 29.3 Å². The van der Waals surface area contributed by atoms with Gasteiger partial charge in [0.25, 0.3) is 0 Å². The topological polar surface area (TPSA) is 28.2 Å². The van der Waals surface area contributed by atoms with Gasteiger partial charge in [0, 0.05) is 25.5 Å². The SMILES string of the molecule is CNc1nc(N(C)CCc2cccs2)c(Cl)cc1Cl. The Labute approximate surface area is 127 Å². The highest BCUT2D eigenvalue weighted by Gasteiger charge is 2.12. The van der Waals surface area contributed by atoms with E-state index in [1.54, 1.807) is 24.5 Å². The number of nitrogens with one attached hydrogen (secondary N) is 1. The number of likely N-dealkylation sites (N-methyl/N-ethyl adjacent to an activating group) is 1. The molecule has 0 aliphatic carbocycles. The molecule has 0 atom stereocenters. The molecule has 1 N–H and O–H groups in total. The largest absolute Gasteiger partial charge is 0.372 e. The molecule has 0 saturated carbocycles. The minimum absolute atomic E-state index is 0.530. The van der Waals surface area contributed by atoms with Crippen LogP contribution in [0.1, 0.15) is 4.88 Å². The Kier molecular flexibility index (Phi) is 4.91. The Morgan fingerprint density at radius 1 is 1.37 bits per heavy atom. The first-order valence-electron chi connectivity index (χ1n) is 5.89. The van der Waals surface area contributed by atoms with Crippen LogP contribution in [-0.4, -0.2) is 25.6 Å². The third-order valence-corrected chi connectivity index (χ3v) is 4.29. The van der Waals surface area contributed by atoms with Crippen molar-refractivity contribution in [3.8, 4) is 0 Å². The number of hydrogen-bond acceptors (Lipinski definition) is 4. The zero-order chi connectivity index (χ0) is 13.8. The van der Waals surface area contributed by atoms with E-state index in [9.17, 15) is 0 Å². The van der Waals surface area contributed by atoms with Crippen LogP contribution in [0.5, 0.6) is 0 Å². The van der Waals surface area contributed by atoms with Crippen LogP contribution in [0.4, 0.5) is 11.6 Å². The molecule has 0 aromatic carbocycles. The first-order chi connectivity index (χ1) is 9.11. The number of hydrogen-bond donors (Lipinski definition) is 1. The van der Waals surface area contributed by atoms with Crippen LogP contribution < -0.4 is 10.2 Å². The predicted octanol–water partition coefficient (Wildman–Crippen LogP) is 4.17. The van der Waals surface area contributed by atoms with E-state index in [0.717, 1.165) is 18.8 Å². The molecule has 2 aromatic rings. The highest BCUT2D eigenvalue weighted by Crippen LogP contribution is 2.30. The zero-order valence-corrected chi connectivity index (χ0v) is 13.1. The molecule has 0 amide bonds. The number of rotatable bonds is 5. The van der Waals surface area contributed by atoms with Crippen molar-refractivity contribution in [3.63, 3.8) is 0 Å². The van der Waals surface area contributed by atoms with Crippen LogP contribution in [0.15, 0.2) is 23.6 Å². The molecule has 0 radical (unpaired) electrons. The van der Waals surface area contributed by atoms with E-state index >= 15 is 0 Å². The summed E-state index contributed by atoms with van der Waals surface area (Å²) in [6.45, 7) is 0.859. The number of pyridine rings is 1. The highest BCUT2D eigenvalue weighted by molar-refractivity contribution is 7.09. The lowest BCUT2D eigenvalue weighted by Crippen LogP contribution is -2.22. The second-order valence-electron chi connectivity index (χ2n) is 4.13. The lowest BCUT2D eigenvalue weighted by molar-refractivity contribution is 0.870. The van der Waals surface area contributed by atoms with Crippen molar-refractivity contribution < 1.29 is 0 Å². The van der Waals surface area contributed by atoms with Crippen LogP contribution in [0.3, 0.4) is 0 Å². The van der Waals surface area contributed by atoms with Crippen LogP contribution in [0.25, 0.3) is 0 Å². The summed E-state index contributed by atoms with van der Waals surface area (Å²) in [6.07, 6.45) is 0.976. The van der Waals surface area contributed by atoms with Crippen LogP contribution in [0.2, 0.25) is 10.0 Å². The monoisotopic (exact) mass is 315 g/mol. The van der Waals surface area contributed by atoms with E-state index in [4.69, 9.17) is 23.2 Å². The molecule has 102 valence electrons. The summed E-state index contributed by atoms with van der Waals surface area (Å²) in [5.41, 5.74) is 0. The van der Waals surface area contributed by atoms with Crippen molar-refractivity contribution in [3.05, 3.63) is 38.5 Å². The van der Waals surface area contributed by atoms with E-state index in [1.165, 1.54) is 4.88 Å². The lowest BCUT2D eigenvalue weighted by atomic mass is 10.3. The molecular weight excluding hydrogens is 301 g/mol. The number of halogens is 2. The zero-order valence-electron chi connectivity index (χ0n) is 10.8. The Balaban J connectivity index is 2.11. The van der Waals surface area contributed by atoms with Crippen molar-refractivity contribution in [2.45, 2.75) is 6.42 Å². The summed E-state index contributed by atoms with van der Waals surface area (Å²) in [7, 11) is 3.77. The van der Waals surface area contributed by atoms with E-state index in [-0.39, 0.29) is 0 Å². The minimum Gasteiger partial charge on any atom is -0.372 e. The molecule has 2 rings (SSSR count). The molecule has 19 heavy (non-hydrogen) atoms. The molecule has 0 fully saturated rings. The van der Waals surface area contributed by atoms with Gasteiger partial charge in [0.05, 0.1) is 10.0 Å². The maximum absolute atomic E-state index is 6.20. The smallest absolute Gasteiger partial charge is 0.149 e. The van der Waals surface area contributed by atoms with Gasteiger partial charge < -0.3 is 10.2 Å². The van der Waals surface area contributed by atoms with Gasteiger partial charge >= 0.3 is 0 Å². The van der Waals surface area contributed by atoms with Crippen LogP contribution >= 0.6 is 34.5 Å². The number of nitrogens with zero attached hydrogens (tertiary/aromatic N) is 2. The molecule has 0 aliphatic heterocycles. The molecule has 0 spiro atoms. The Morgan fingerprint density at radius 2 is 2.16 bits per heavy atom. The van der Waals surface area contributed by atoms with Crippen molar-refractivity contribution in [1.29, 1.82) is 0 Å². The van der Waals surface area contributed by atoms with Crippen LogP contribution in [0, 0.1) is 0 Å². The standard InChI is InChI=1S/C13H15Cl2N3S/c1-16-12-10(14)8-11(15)13(17-12)18(2)6-5-9-4-3-7-19-9/h3-4,7-8H,5-6H2,1-2H3,(H,16,17). The summed E-state index contributed by atoms with van der Waals surface area (Å²) in [4.78, 5) is 7.84. The van der Waals surface area contributed by atoms with Gasteiger partial charge in [-0.05, 0) is 23.9 Å². The third kappa shape index (κ3) is 3.53. The van der Waals surface area contributed by atoms with E-state index < -0.39 is 0 Å². The number of aromatic nitrogens is 1. The summed E-state index contributed by atoms with van der Waals surface area (Å²) in [6, 6.07) is 5.92. The Bertz CT molecular complexity index is 543. The van der Waals surface area contributed by atoms with Gasteiger partial charge in [0.2, 0.25) is 0 Å². The van der Waals surface area contributed by atoms with Gasteiger partial charge in [-0.15, -0.1) is 11.3 Å². The fourth-order valence-electron chi connectivity index (χ4n) is 1.74. The van der Waals surface area contributed by atoms with E-state index in [0.29, 0.717) is 15.9 Å². The highest BCUT2D eigenvalue weighted by atomic mass is 35.5. The third-order valence-electron chi connectivity index (χ3n) is 2.78. The molecular formula is C13H15Cl2N3S. The average Bonchev–Trinajstić information content (AvgIpc) is 2.89. The fraction of sp³-hybridized carbons (Fsp3) is 0.308. The minimum atomic E-state index is 0.530. The second-order valence-corrected chi connectivity index (χ2v) is 5.97. The average molecular weight is 316 g/mol. The molecule has 0 unspecified atom stereocenters. The van der Waals surface area contributed by atoms with Gasteiger partial charge in [-0.2, -0.15) is 0 Å². The Morgan fingerprint density at radius 3 is 2.79 bits per heavy atom. The van der Waals surface area contributed by atoms with Gasteiger partial charge in [0.1, 0.15) is 11.6 Å². The molecule has 0 bridgehead atoms. The second kappa shape index (κ2) is 6.46. The van der Waals surface area contributed by atoms with Gasteiger partial charge in [-0.25, -0.2) is 4.98 Å². The number of anilines is 2. The summed E-state index contributed by atoms with van der Waals surface area (Å²) in [5, 5.41) is 6.14. The summed E-state index contributed by atoms with van der Waals surface area (Å²) < 4.78 is 0. The quantitative estimate of drug-likeness (QED) is 0.897. The number of thiophene rings is 1. The first kappa shape index (κ1) is 14.4. The van der Waals surface area contributed by atoms with Gasteiger partial charge in [-0.3, -0.25) is 0 Å². The maximum Gasteiger partial charge on any atom is 0.149 e. The van der Waals surface area contributed by atoms with Crippen molar-refractivity contribution in [1.82, 2.24) is 4.98 Å². The summed E-state index contributed by atoms with van der Waals surface area (Å²) >= 11 is 14.0. The molecule has 0 aliphatic rings. The maximum atomic E-state index is 6.20. The lowest BCUT2D eigenvalue weighted by Gasteiger charge is -2.20. The molecule has 6 heteroatoms. The molecule has 2 heterocycles. The summed E-state index contributed by atoms with van der Waals surface area (Å²) in [5.74, 6) is 1.39. The Hall–Kier alpha value is -0.970. The van der Waals surface area contributed by atoms with Crippen molar-refractivity contribution in [2.24, 2.45) is 0 Å². The normalized spacial score (nSPS) is 10.5. The first-order valence-corrected chi connectivity index (χ1v) is 7.52. The predicted molar refractivity (Wildman–Crippen MR) is 85.1 cm³/mol. The molecule has 0 saturated heterocycles. The van der Waals surface area contributed by atoms with E-state index in [1.807, 2.05) is 11.9 Å². The van der Waals surface area contributed by atoms with E-state index in [2.05, 4.69) is 27.8 Å². The fourth-order valence-corrected chi connectivity index (χ4v) is 3.03.